The fourth-order valence-corrected chi connectivity index (χ4v) is 0.949. The minimum Gasteiger partial charge on any atom is -0.504 e. The summed E-state index contributed by atoms with van der Waals surface area (Å²) in [5.74, 6) is 0.452. The molecule has 0 fully saturated rings. The van der Waals surface area contributed by atoms with Crippen LogP contribution in [0, 0.1) is 0 Å². The van der Waals surface area contributed by atoms with Crippen molar-refractivity contribution in [1.29, 1.82) is 0 Å². The summed E-state index contributed by atoms with van der Waals surface area (Å²) in [5, 5.41) is 9.55. The number of allylic oxidation sites excluding steroid dienone is 1. The Kier molecular flexibility index (Phi) is 4.41. The highest BCUT2D eigenvalue weighted by molar-refractivity contribution is 7.80. The Balaban J connectivity index is 2.52. The number of hydrogen-bond acceptors (Lipinski definition) is 4. The molecule has 0 heterocycles. The number of aromatic hydroxyl groups is 1. The molecule has 0 saturated heterocycles. The molecule has 0 spiro atoms. The van der Waals surface area contributed by atoms with Gasteiger partial charge in [0.05, 0.1) is 5.70 Å². The van der Waals surface area contributed by atoms with Crippen molar-refractivity contribution in [3.05, 3.63) is 36.2 Å². The van der Waals surface area contributed by atoms with Gasteiger partial charge in [0.2, 0.25) is 0 Å². The molecular formula is C10H13N3O2S. The molecule has 0 unspecified atom stereocenters. The molecule has 1 aromatic carbocycles. The third kappa shape index (κ3) is 4.05. The summed E-state index contributed by atoms with van der Waals surface area (Å²) in [6.45, 7) is 1.76. The van der Waals surface area contributed by atoms with E-state index in [-0.39, 0.29) is 10.9 Å². The van der Waals surface area contributed by atoms with Crippen LogP contribution in [-0.2, 0) is 0 Å². The van der Waals surface area contributed by atoms with Crippen molar-refractivity contribution in [3.8, 4) is 11.5 Å². The summed E-state index contributed by atoms with van der Waals surface area (Å²) in [6.07, 6.45) is 1.43. The van der Waals surface area contributed by atoms with Crippen molar-refractivity contribution in [2.45, 2.75) is 6.92 Å². The molecule has 0 aliphatic heterocycles. The zero-order valence-electron chi connectivity index (χ0n) is 8.73. The molecule has 5 nitrogen and oxygen atoms in total. The number of phenolic OH excluding ortho intramolecular Hbond substituents is 1. The zero-order valence-corrected chi connectivity index (χ0v) is 9.54. The summed E-state index contributed by atoms with van der Waals surface area (Å²) < 4.78 is 5.23. The van der Waals surface area contributed by atoms with Gasteiger partial charge in [-0.15, -0.1) is 0 Å². The van der Waals surface area contributed by atoms with E-state index in [1.807, 2.05) is 0 Å². The highest BCUT2D eigenvalue weighted by atomic mass is 32.1. The van der Waals surface area contributed by atoms with Crippen LogP contribution >= 0.6 is 12.2 Å². The lowest BCUT2D eigenvalue weighted by Gasteiger charge is -2.08. The van der Waals surface area contributed by atoms with E-state index in [0.717, 1.165) is 0 Å². The average molecular weight is 239 g/mol. The van der Waals surface area contributed by atoms with Gasteiger partial charge < -0.3 is 21.0 Å². The Hall–Kier alpha value is -1.95. The van der Waals surface area contributed by atoms with Gasteiger partial charge >= 0.3 is 0 Å². The number of rotatable bonds is 4. The van der Waals surface area contributed by atoms with Gasteiger partial charge in [0.25, 0.3) is 0 Å². The molecular weight excluding hydrogens is 226 g/mol. The van der Waals surface area contributed by atoms with Gasteiger partial charge in [-0.2, -0.15) is 0 Å². The molecule has 0 radical (unpaired) electrons. The van der Waals surface area contributed by atoms with E-state index in [1.165, 1.54) is 6.26 Å². The molecule has 0 aliphatic carbocycles. The fraction of sp³-hybridized carbons (Fsp3) is 0.100. The van der Waals surface area contributed by atoms with Crippen LogP contribution in [0.2, 0.25) is 0 Å². The maximum Gasteiger partial charge on any atom is 0.182 e. The Morgan fingerprint density at radius 2 is 2.12 bits per heavy atom. The second-order valence-electron chi connectivity index (χ2n) is 3.00. The smallest absolute Gasteiger partial charge is 0.182 e. The topological polar surface area (TPSA) is 79.5 Å². The monoisotopic (exact) mass is 239 g/mol. The van der Waals surface area contributed by atoms with Crippen LogP contribution in [-0.4, -0.2) is 10.2 Å². The minimum atomic E-state index is 0.0776. The van der Waals surface area contributed by atoms with E-state index in [1.54, 1.807) is 31.2 Å². The minimum absolute atomic E-state index is 0.0776. The van der Waals surface area contributed by atoms with E-state index >= 15 is 0 Å². The Bertz CT molecular complexity index is 407. The molecule has 0 amide bonds. The first-order valence-corrected chi connectivity index (χ1v) is 4.93. The molecule has 0 bridgehead atoms. The first-order chi connectivity index (χ1) is 7.59. The largest absolute Gasteiger partial charge is 0.504 e. The standard InChI is InChI=1S/C10H13N3O2S/c1-7(12-13-10(11)16)6-15-9-5-3-2-4-8(9)14/h2-6,12,14H,1H3,(H3,11,13,16)/b7-6-. The molecule has 16 heavy (non-hydrogen) atoms. The van der Waals surface area contributed by atoms with E-state index in [9.17, 15) is 5.11 Å². The van der Waals surface area contributed by atoms with Crippen LogP contribution in [0.1, 0.15) is 6.92 Å². The summed E-state index contributed by atoms with van der Waals surface area (Å²) in [6, 6.07) is 6.67. The van der Waals surface area contributed by atoms with Crippen molar-refractivity contribution in [1.82, 2.24) is 10.9 Å². The lowest BCUT2D eigenvalue weighted by Crippen LogP contribution is -2.39. The van der Waals surface area contributed by atoms with Gasteiger partial charge in [-0.05, 0) is 31.3 Å². The summed E-state index contributed by atoms with van der Waals surface area (Å²) >= 11 is 4.61. The first-order valence-electron chi connectivity index (χ1n) is 4.52. The SMILES string of the molecule is C/C(=C/Oc1ccccc1O)NNC(N)=S. The molecule has 0 aliphatic rings. The lowest BCUT2D eigenvalue weighted by molar-refractivity contribution is 0.405. The van der Waals surface area contributed by atoms with Crippen LogP contribution in [0.4, 0.5) is 0 Å². The number of nitrogens with two attached hydrogens (primary N) is 1. The van der Waals surface area contributed by atoms with E-state index in [2.05, 4.69) is 23.1 Å². The zero-order chi connectivity index (χ0) is 12.0. The number of para-hydroxylation sites is 2. The van der Waals surface area contributed by atoms with Crippen LogP contribution in [0.5, 0.6) is 11.5 Å². The summed E-state index contributed by atoms with van der Waals surface area (Å²) in [5.41, 5.74) is 11.1. The number of benzene rings is 1. The summed E-state index contributed by atoms with van der Waals surface area (Å²) in [4.78, 5) is 0. The molecule has 0 saturated carbocycles. The molecule has 5 N–H and O–H groups in total. The number of ether oxygens (including phenoxy) is 1. The number of nitrogens with one attached hydrogen (secondary N) is 2. The van der Waals surface area contributed by atoms with E-state index in [4.69, 9.17) is 10.5 Å². The van der Waals surface area contributed by atoms with E-state index < -0.39 is 0 Å². The molecule has 6 heteroatoms. The van der Waals surface area contributed by atoms with Crippen LogP contribution < -0.4 is 21.3 Å². The molecule has 1 aromatic rings. The Morgan fingerprint density at radius 1 is 1.44 bits per heavy atom. The third-order valence-corrected chi connectivity index (χ3v) is 1.71. The van der Waals surface area contributed by atoms with Gasteiger partial charge in [-0.25, -0.2) is 0 Å². The Morgan fingerprint density at radius 3 is 2.75 bits per heavy atom. The first kappa shape index (κ1) is 12.1. The fourth-order valence-electron chi connectivity index (χ4n) is 0.898. The highest BCUT2D eigenvalue weighted by Gasteiger charge is 1.98. The molecule has 1 rings (SSSR count). The normalized spacial score (nSPS) is 10.7. The molecule has 0 atom stereocenters. The van der Waals surface area contributed by atoms with Crippen molar-refractivity contribution < 1.29 is 9.84 Å². The predicted molar refractivity (Wildman–Crippen MR) is 65.5 cm³/mol. The predicted octanol–water partition coefficient (Wildman–Crippen LogP) is 0.970. The van der Waals surface area contributed by atoms with Crippen molar-refractivity contribution in [2.75, 3.05) is 0 Å². The average Bonchev–Trinajstić information content (AvgIpc) is 2.25. The van der Waals surface area contributed by atoms with Crippen molar-refractivity contribution in [3.63, 3.8) is 0 Å². The third-order valence-electron chi connectivity index (χ3n) is 1.61. The number of hydrazine groups is 1. The van der Waals surface area contributed by atoms with Gasteiger partial charge in [0.15, 0.2) is 16.6 Å². The van der Waals surface area contributed by atoms with Gasteiger partial charge in [-0.3, -0.25) is 5.43 Å². The van der Waals surface area contributed by atoms with Gasteiger partial charge in [0.1, 0.15) is 6.26 Å². The quantitative estimate of drug-likeness (QED) is 0.356. The van der Waals surface area contributed by atoms with Crippen LogP contribution in [0.25, 0.3) is 0 Å². The van der Waals surface area contributed by atoms with Crippen molar-refractivity contribution in [2.24, 2.45) is 5.73 Å². The number of phenols is 1. The molecule has 86 valence electrons. The summed E-state index contributed by atoms with van der Waals surface area (Å²) in [7, 11) is 0. The van der Waals surface area contributed by atoms with Gasteiger partial charge in [-0.1, -0.05) is 12.1 Å². The van der Waals surface area contributed by atoms with Crippen LogP contribution in [0.3, 0.4) is 0 Å². The number of thiocarbonyl (C=S) groups is 1. The second-order valence-corrected chi connectivity index (χ2v) is 3.44. The van der Waals surface area contributed by atoms with Gasteiger partial charge in [0, 0.05) is 0 Å². The second kappa shape index (κ2) is 5.82. The van der Waals surface area contributed by atoms with Crippen LogP contribution in [0.15, 0.2) is 36.2 Å². The number of hydrogen-bond donors (Lipinski definition) is 4. The maximum absolute atomic E-state index is 9.41. The lowest BCUT2D eigenvalue weighted by atomic mass is 10.3. The van der Waals surface area contributed by atoms with Crippen molar-refractivity contribution >= 4 is 17.3 Å². The van der Waals surface area contributed by atoms with E-state index in [0.29, 0.717) is 11.4 Å². The maximum atomic E-state index is 9.41. The highest BCUT2D eigenvalue weighted by Crippen LogP contribution is 2.24. The molecule has 0 aromatic heterocycles. The Labute approximate surface area is 98.9 Å².